The maximum atomic E-state index is 13.4. The number of fused-ring (bicyclic) bond motifs is 1. The van der Waals surface area contributed by atoms with Gasteiger partial charge in [-0.25, -0.2) is 4.39 Å². The molecular formula is C15H11F3N2O3. The van der Waals surface area contributed by atoms with Crippen molar-refractivity contribution in [1.82, 2.24) is 0 Å². The Morgan fingerprint density at radius 3 is 2.61 bits per heavy atom. The van der Waals surface area contributed by atoms with Crippen LogP contribution in [0.15, 0.2) is 42.5 Å². The second-order valence-corrected chi connectivity index (χ2v) is 4.71. The third-order valence-corrected chi connectivity index (χ3v) is 3.00. The lowest BCUT2D eigenvalue weighted by Gasteiger charge is -2.08. The number of hydrogen-bond donors (Lipinski definition) is 2. The Hall–Kier alpha value is -2.90. The SMILES string of the molecule is O=C(CNc1ccc2c(c1)OC(F)(F)O2)Nc1ccccc1F. The molecule has 0 aromatic heterocycles. The lowest BCUT2D eigenvalue weighted by molar-refractivity contribution is -0.286. The molecule has 0 unspecified atom stereocenters. The van der Waals surface area contributed by atoms with Crippen LogP contribution in [0.5, 0.6) is 11.5 Å². The molecule has 0 radical (unpaired) electrons. The van der Waals surface area contributed by atoms with Crippen LogP contribution in [0.1, 0.15) is 0 Å². The maximum Gasteiger partial charge on any atom is 0.586 e. The molecule has 1 heterocycles. The second kappa shape index (κ2) is 5.71. The minimum Gasteiger partial charge on any atom is -0.395 e. The molecule has 0 bridgehead atoms. The zero-order valence-electron chi connectivity index (χ0n) is 11.6. The summed E-state index contributed by atoms with van der Waals surface area (Å²) >= 11 is 0. The van der Waals surface area contributed by atoms with Crippen molar-refractivity contribution in [3.8, 4) is 11.5 Å². The first-order chi connectivity index (χ1) is 10.9. The number of alkyl halides is 2. The molecule has 1 aliphatic heterocycles. The molecule has 2 aromatic carbocycles. The smallest absolute Gasteiger partial charge is 0.395 e. The molecule has 8 heteroatoms. The zero-order chi connectivity index (χ0) is 16.4. The Bertz CT molecular complexity index is 752. The van der Waals surface area contributed by atoms with Gasteiger partial charge in [0.1, 0.15) is 5.82 Å². The first kappa shape index (κ1) is 15.0. The number of benzene rings is 2. The molecular weight excluding hydrogens is 313 g/mol. The standard InChI is InChI=1S/C15H11F3N2O3/c16-10-3-1-2-4-11(10)20-14(21)8-19-9-5-6-12-13(7-9)23-15(17,18)22-12/h1-7,19H,8H2,(H,20,21). The van der Waals surface area contributed by atoms with Crippen LogP contribution in [0.4, 0.5) is 24.5 Å². The Kier molecular flexibility index (Phi) is 3.73. The molecule has 1 aliphatic rings. The Morgan fingerprint density at radius 2 is 1.83 bits per heavy atom. The van der Waals surface area contributed by atoms with Crippen molar-refractivity contribution in [3.63, 3.8) is 0 Å². The largest absolute Gasteiger partial charge is 0.586 e. The number of carbonyl (C=O) groups is 1. The predicted molar refractivity (Wildman–Crippen MR) is 76.2 cm³/mol. The highest BCUT2D eigenvalue weighted by molar-refractivity contribution is 5.93. The second-order valence-electron chi connectivity index (χ2n) is 4.71. The summed E-state index contributed by atoms with van der Waals surface area (Å²) in [7, 11) is 0. The van der Waals surface area contributed by atoms with E-state index in [-0.39, 0.29) is 23.7 Å². The van der Waals surface area contributed by atoms with Gasteiger partial charge in [-0.05, 0) is 24.3 Å². The fraction of sp³-hybridized carbons (Fsp3) is 0.133. The van der Waals surface area contributed by atoms with Crippen molar-refractivity contribution in [2.24, 2.45) is 0 Å². The van der Waals surface area contributed by atoms with Gasteiger partial charge in [0.15, 0.2) is 11.5 Å². The van der Waals surface area contributed by atoms with Gasteiger partial charge in [-0.3, -0.25) is 4.79 Å². The average molecular weight is 324 g/mol. The fourth-order valence-corrected chi connectivity index (χ4v) is 2.00. The summed E-state index contributed by atoms with van der Waals surface area (Å²) in [6, 6.07) is 9.78. The van der Waals surface area contributed by atoms with Crippen LogP contribution in [-0.4, -0.2) is 18.7 Å². The molecule has 2 aromatic rings. The van der Waals surface area contributed by atoms with E-state index in [9.17, 15) is 18.0 Å². The summed E-state index contributed by atoms with van der Waals surface area (Å²) in [5, 5.41) is 5.12. The average Bonchev–Trinajstić information content (AvgIpc) is 2.80. The van der Waals surface area contributed by atoms with E-state index in [1.807, 2.05) is 0 Å². The number of ether oxygens (including phenoxy) is 2. The Morgan fingerprint density at radius 1 is 1.09 bits per heavy atom. The number of amides is 1. The first-order valence-electron chi connectivity index (χ1n) is 6.61. The van der Waals surface area contributed by atoms with E-state index in [1.165, 1.54) is 36.4 Å². The van der Waals surface area contributed by atoms with Crippen LogP contribution in [0.25, 0.3) is 0 Å². The number of anilines is 2. The van der Waals surface area contributed by atoms with Gasteiger partial charge in [0.25, 0.3) is 0 Å². The van der Waals surface area contributed by atoms with Crippen molar-refractivity contribution in [3.05, 3.63) is 48.3 Å². The van der Waals surface area contributed by atoms with Gasteiger partial charge in [-0.2, -0.15) is 0 Å². The molecule has 120 valence electrons. The lowest BCUT2D eigenvalue weighted by Crippen LogP contribution is -2.25. The van der Waals surface area contributed by atoms with Gasteiger partial charge < -0.3 is 20.1 Å². The fourth-order valence-electron chi connectivity index (χ4n) is 2.00. The summed E-state index contributed by atoms with van der Waals surface area (Å²) in [6.45, 7) is -0.176. The monoisotopic (exact) mass is 324 g/mol. The summed E-state index contributed by atoms with van der Waals surface area (Å²) in [6.07, 6.45) is -3.69. The van der Waals surface area contributed by atoms with E-state index in [2.05, 4.69) is 20.1 Å². The number of carbonyl (C=O) groups excluding carboxylic acids is 1. The molecule has 0 atom stereocenters. The van der Waals surface area contributed by atoms with E-state index in [0.717, 1.165) is 0 Å². The van der Waals surface area contributed by atoms with Crippen LogP contribution in [-0.2, 0) is 4.79 Å². The van der Waals surface area contributed by atoms with Gasteiger partial charge in [-0.15, -0.1) is 8.78 Å². The number of rotatable bonds is 4. The number of halogens is 3. The van der Waals surface area contributed by atoms with Crippen LogP contribution in [0.3, 0.4) is 0 Å². The molecule has 23 heavy (non-hydrogen) atoms. The number of nitrogens with one attached hydrogen (secondary N) is 2. The molecule has 2 N–H and O–H groups in total. The van der Waals surface area contributed by atoms with Crippen molar-refractivity contribution in [2.45, 2.75) is 6.29 Å². The minimum absolute atomic E-state index is 0.0598. The molecule has 3 rings (SSSR count). The van der Waals surface area contributed by atoms with Crippen molar-refractivity contribution < 1.29 is 27.4 Å². The van der Waals surface area contributed by atoms with E-state index in [0.29, 0.717) is 5.69 Å². The van der Waals surface area contributed by atoms with Crippen LogP contribution in [0, 0.1) is 5.82 Å². The molecule has 0 saturated carbocycles. The molecule has 0 spiro atoms. The quantitative estimate of drug-likeness (QED) is 0.907. The first-order valence-corrected chi connectivity index (χ1v) is 6.61. The number of hydrogen-bond acceptors (Lipinski definition) is 4. The van der Waals surface area contributed by atoms with Crippen LogP contribution < -0.4 is 20.1 Å². The summed E-state index contributed by atoms with van der Waals surface area (Å²) in [4.78, 5) is 11.8. The van der Waals surface area contributed by atoms with E-state index in [1.54, 1.807) is 6.07 Å². The molecule has 5 nitrogen and oxygen atoms in total. The van der Waals surface area contributed by atoms with Crippen LogP contribution in [0.2, 0.25) is 0 Å². The highest BCUT2D eigenvalue weighted by Gasteiger charge is 2.43. The third-order valence-electron chi connectivity index (χ3n) is 3.00. The molecule has 0 fully saturated rings. The Balaban J connectivity index is 1.59. The van der Waals surface area contributed by atoms with Gasteiger partial charge in [0.05, 0.1) is 12.2 Å². The highest BCUT2D eigenvalue weighted by atomic mass is 19.3. The van der Waals surface area contributed by atoms with E-state index < -0.39 is 18.0 Å². The topological polar surface area (TPSA) is 59.6 Å². The Labute approximate surface area is 129 Å². The van der Waals surface area contributed by atoms with Crippen molar-refractivity contribution in [1.29, 1.82) is 0 Å². The van der Waals surface area contributed by atoms with Gasteiger partial charge in [0, 0.05) is 11.8 Å². The van der Waals surface area contributed by atoms with E-state index >= 15 is 0 Å². The van der Waals surface area contributed by atoms with Crippen molar-refractivity contribution in [2.75, 3.05) is 17.2 Å². The third kappa shape index (κ3) is 3.47. The summed E-state index contributed by atoms with van der Waals surface area (Å²) < 4.78 is 47.8. The number of para-hydroxylation sites is 1. The van der Waals surface area contributed by atoms with Crippen molar-refractivity contribution >= 4 is 17.3 Å². The normalized spacial score (nSPS) is 14.4. The summed E-state index contributed by atoms with van der Waals surface area (Å²) in [5.74, 6) is -1.25. The van der Waals surface area contributed by atoms with Gasteiger partial charge >= 0.3 is 6.29 Å². The van der Waals surface area contributed by atoms with Gasteiger partial charge in [-0.1, -0.05) is 12.1 Å². The van der Waals surface area contributed by atoms with Crippen LogP contribution >= 0.6 is 0 Å². The molecule has 0 aliphatic carbocycles. The highest BCUT2D eigenvalue weighted by Crippen LogP contribution is 2.42. The van der Waals surface area contributed by atoms with E-state index in [4.69, 9.17) is 0 Å². The lowest BCUT2D eigenvalue weighted by atomic mass is 10.2. The van der Waals surface area contributed by atoms with Gasteiger partial charge in [0.2, 0.25) is 5.91 Å². The predicted octanol–water partition coefficient (Wildman–Crippen LogP) is 3.20. The molecule has 1 amide bonds. The zero-order valence-corrected chi connectivity index (χ0v) is 11.6. The molecule has 0 saturated heterocycles. The summed E-state index contributed by atoms with van der Waals surface area (Å²) in [5.41, 5.74) is 0.443. The minimum atomic E-state index is -3.69. The maximum absolute atomic E-state index is 13.4.